The van der Waals surface area contributed by atoms with Crippen LogP contribution < -0.4 is 4.72 Å². The molecule has 0 bridgehead atoms. The van der Waals surface area contributed by atoms with Crippen molar-refractivity contribution in [2.24, 2.45) is 0 Å². The zero-order valence-corrected chi connectivity index (χ0v) is 14.5. The van der Waals surface area contributed by atoms with E-state index in [0.717, 1.165) is 29.7 Å². The Morgan fingerprint density at radius 1 is 1.21 bits per heavy atom. The van der Waals surface area contributed by atoms with E-state index in [0.29, 0.717) is 29.0 Å². The third-order valence-electron chi connectivity index (χ3n) is 3.76. The summed E-state index contributed by atoms with van der Waals surface area (Å²) in [5.74, 6) is 1.37. The van der Waals surface area contributed by atoms with Crippen LogP contribution in [0.1, 0.15) is 30.2 Å². The Morgan fingerprint density at radius 2 is 1.96 bits per heavy atom. The van der Waals surface area contributed by atoms with E-state index in [1.807, 2.05) is 19.1 Å². The van der Waals surface area contributed by atoms with Crippen LogP contribution in [0.3, 0.4) is 0 Å². The van der Waals surface area contributed by atoms with E-state index < -0.39 is 10.0 Å². The molecule has 0 spiro atoms. The molecule has 1 aliphatic rings. The second-order valence-electron chi connectivity index (χ2n) is 5.85. The van der Waals surface area contributed by atoms with E-state index in [1.165, 1.54) is 0 Å². The minimum atomic E-state index is -3.63. The summed E-state index contributed by atoms with van der Waals surface area (Å²) in [6.07, 6.45) is 2.15. The lowest BCUT2D eigenvalue weighted by atomic mass is 10.2. The molecular weight excluding hydrogens is 346 g/mol. The molecule has 0 atom stereocenters. The molecule has 8 heteroatoms. The molecule has 2 aromatic heterocycles. The molecule has 2 heterocycles. The van der Waals surface area contributed by atoms with Gasteiger partial charge in [-0.3, -0.25) is 4.72 Å². The van der Waals surface area contributed by atoms with E-state index in [1.54, 1.807) is 23.6 Å². The Bertz CT molecular complexity index is 970. The molecule has 1 aromatic carbocycles. The highest BCUT2D eigenvalue weighted by molar-refractivity contribution is 7.94. The second kappa shape index (κ2) is 5.71. The monoisotopic (exact) mass is 361 g/mol. The van der Waals surface area contributed by atoms with Crippen molar-refractivity contribution in [2.75, 3.05) is 4.72 Å². The van der Waals surface area contributed by atoms with Gasteiger partial charge in [-0.05, 0) is 38.0 Å². The molecule has 4 rings (SSSR count). The predicted octanol–water partition coefficient (Wildman–Crippen LogP) is 3.78. The van der Waals surface area contributed by atoms with Crippen molar-refractivity contribution in [3.63, 3.8) is 0 Å². The van der Waals surface area contributed by atoms with Crippen molar-refractivity contribution in [1.29, 1.82) is 0 Å². The number of nitrogens with one attached hydrogen (secondary N) is 1. The van der Waals surface area contributed by atoms with Crippen molar-refractivity contribution < 1.29 is 12.8 Å². The van der Waals surface area contributed by atoms with Gasteiger partial charge >= 0.3 is 0 Å². The highest BCUT2D eigenvalue weighted by atomic mass is 32.2. The van der Waals surface area contributed by atoms with Crippen LogP contribution in [-0.4, -0.2) is 18.6 Å². The number of benzene rings is 1. The van der Waals surface area contributed by atoms with Crippen molar-refractivity contribution in [1.82, 2.24) is 10.2 Å². The molecule has 1 aliphatic carbocycles. The molecule has 1 N–H and O–H groups in total. The van der Waals surface area contributed by atoms with E-state index >= 15 is 0 Å². The van der Waals surface area contributed by atoms with Crippen LogP contribution in [0.5, 0.6) is 0 Å². The minimum Gasteiger partial charge on any atom is -0.420 e. The van der Waals surface area contributed by atoms with Crippen LogP contribution in [0.2, 0.25) is 0 Å². The van der Waals surface area contributed by atoms with E-state index in [2.05, 4.69) is 14.9 Å². The Morgan fingerprint density at radius 3 is 2.67 bits per heavy atom. The van der Waals surface area contributed by atoms with Gasteiger partial charge in [0, 0.05) is 17.0 Å². The topological polar surface area (TPSA) is 85.1 Å². The molecule has 1 fully saturated rings. The number of nitrogens with zero attached hydrogens (tertiary/aromatic N) is 2. The number of rotatable bonds is 5. The molecule has 0 radical (unpaired) electrons. The summed E-state index contributed by atoms with van der Waals surface area (Å²) < 4.78 is 33.4. The number of hydrogen-bond acceptors (Lipinski definition) is 6. The van der Waals surface area contributed by atoms with Gasteiger partial charge in [0.25, 0.3) is 10.0 Å². The Hall–Kier alpha value is -2.19. The van der Waals surface area contributed by atoms with Crippen molar-refractivity contribution in [3.8, 4) is 11.5 Å². The summed E-state index contributed by atoms with van der Waals surface area (Å²) in [5, 5.41) is 9.75. The second-order valence-corrected chi connectivity index (χ2v) is 8.67. The van der Waals surface area contributed by atoms with Crippen LogP contribution in [-0.2, 0) is 10.0 Å². The number of sulfonamides is 1. The van der Waals surface area contributed by atoms with Gasteiger partial charge in [0.05, 0.1) is 5.56 Å². The lowest BCUT2D eigenvalue weighted by Gasteiger charge is -2.06. The Labute approximate surface area is 143 Å². The summed E-state index contributed by atoms with van der Waals surface area (Å²) in [7, 11) is -3.63. The normalized spacial score (nSPS) is 14.7. The molecule has 0 unspecified atom stereocenters. The summed E-state index contributed by atoms with van der Waals surface area (Å²) in [6, 6.07) is 8.75. The SMILES string of the molecule is Cc1ccc(NS(=O)(=O)c2cc(-c3nnc(C4CC4)o3)cs2)cc1. The van der Waals surface area contributed by atoms with Crippen LogP contribution in [0.4, 0.5) is 5.69 Å². The summed E-state index contributed by atoms with van der Waals surface area (Å²) in [4.78, 5) is 0. The fourth-order valence-corrected chi connectivity index (χ4v) is 4.46. The first kappa shape index (κ1) is 15.3. The van der Waals surface area contributed by atoms with Gasteiger partial charge in [-0.25, -0.2) is 8.42 Å². The van der Waals surface area contributed by atoms with Gasteiger partial charge in [0.2, 0.25) is 11.8 Å². The van der Waals surface area contributed by atoms with Gasteiger partial charge in [0.1, 0.15) is 4.21 Å². The van der Waals surface area contributed by atoms with Crippen molar-refractivity contribution in [2.45, 2.75) is 29.9 Å². The fourth-order valence-electron chi connectivity index (χ4n) is 2.24. The third-order valence-corrected chi connectivity index (χ3v) is 6.58. The minimum absolute atomic E-state index is 0.212. The maximum Gasteiger partial charge on any atom is 0.271 e. The first-order chi connectivity index (χ1) is 11.5. The van der Waals surface area contributed by atoms with Gasteiger partial charge in [-0.1, -0.05) is 17.7 Å². The van der Waals surface area contributed by atoms with Gasteiger partial charge < -0.3 is 4.42 Å². The molecule has 124 valence electrons. The van der Waals surface area contributed by atoms with Crippen LogP contribution in [0.25, 0.3) is 11.5 Å². The maximum absolute atomic E-state index is 12.5. The molecule has 24 heavy (non-hydrogen) atoms. The number of anilines is 1. The number of aryl methyl sites for hydroxylation is 1. The molecule has 3 aromatic rings. The van der Waals surface area contributed by atoms with E-state index in [4.69, 9.17) is 4.42 Å². The summed E-state index contributed by atoms with van der Waals surface area (Å²) >= 11 is 1.13. The molecule has 0 saturated heterocycles. The smallest absolute Gasteiger partial charge is 0.271 e. The molecule has 6 nitrogen and oxygen atoms in total. The van der Waals surface area contributed by atoms with E-state index in [-0.39, 0.29) is 4.21 Å². The highest BCUT2D eigenvalue weighted by Gasteiger charge is 2.30. The average Bonchev–Trinajstić information content (AvgIpc) is 3.09. The largest absolute Gasteiger partial charge is 0.420 e. The van der Waals surface area contributed by atoms with Crippen molar-refractivity contribution >= 4 is 27.0 Å². The number of hydrogen-bond donors (Lipinski definition) is 1. The zero-order valence-electron chi connectivity index (χ0n) is 12.9. The fraction of sp³-hybridized carbons (Fsp3) is 0.250. The van der Waals surface area contributed by atoms with Crippen LogP contribution in [0, 0.1) is 6.92 Å². The molecular formula is C16H15N3O3S2. The molecule has 1 saturated carbocycles. The van der Waals surface area contributed by atoms with Gasteiger partial charge in [0.15, 0.2) is 0 Å². The predicted molar refractivity (Wildman–Crippen MR) is 91.6 cm³/mol. The first-order valence-corrected chi connectivity index (χ1v) is 9.89. The van der Waals surface area contributed by atoms with Gasteiger partial charge in [-0.15, -0.1) is 21.5 Å². The summed E-state index contributed by atoms with van der Waals surface area (Å²) in [6.45, 7) is 1.95. The molecule has 0 aliphatic heterocycles. The van der Waals surface area contributed by atoms with Crippen LogP contribution >= 0.6 is 11.3 Å². The quantitative estimate of drug-likeness (QED) is 0.747. The first-order valence-electron chi connectivity index (χ1n) is 7.53. The third kappa shape index (κ3) is 3.07. The standard InChI is InChI=1S/C16H15N3O3S2/c1-10-2-6-13(7-3-10)19-24(20,21)14-8-12(9-23-14)16-18-17-15(22-16)11-4-5-11/h2-3,6-9,11,19H,4-5H2,1H3. The number of aromatic nitrogens is 2. The van der Waals surface area contributed by atoms with Gasteiger partial charge in [-0.2, -0.15) is 0 Å². The Balaban J connectivity index is 1.57. The van der Waals surface area contributed by atoms with Crippen LogP contribution in [0.15, 0.2) is 44.3 Å². The summed E-state index contributed by atoms with van der Waals surface area (Å²) in [5.41, 5.74) is 2.23. The zero-order chi connectivity index (χ0) is 16.7. The maximum atomic E-state index is 12.5. The van der Waals surface area contributed by atoms with E-state index in [9.17, 15) is 8.42 Å². The number of thiophene rings is 1. The average molecular weight is 361 g/mol. The highest BCUT2D eigenvalue weighted by Crippen LogP contribution is 2.40. The van der Waals surface area contributed by atoms with Crippen molar-refractivity contribution in [3.05, 3.63) is 47.2 Å². The lowest BCUT2D eigenvalue weighted by molar-refractivity contribution is 0.508. The Kier molecular flexibility index (Phi) is 3.65. The molecule has 0 amide bonds. The lowest BCUT2D eigenvalue weighted by Crippen LogP contribution is -2.11.